The van der Waals surface area contributed by atoms with Crippen LogP contribution in [0.2, 0.25) is 0 Å². The van der Waals surface area contributed by atoms with Crippen LogP contribution >= 0.6 is 24.2 Å². The summed E-state index contributed by atoms with van der Waals surface area (Å²) >= 11 is 1.81. The molecule has 0 radical (unpaired) electrons. The van der Waals surface area contributed by atoms with Gasteiger partial charge in [-0.2, -0.15) is 0 Å². The van der Waals surface area contributed by atoms with Crippen LogP contribution in [0.5, 0.6) is 0 Å². The van der Waals surface area contributed by atoms with Crippen molar-refractivity contribution in [2.75, 3.05) is 19.6 Å². The second kappa shape index (κ2) is 9.45. The zero-order valence-electron chi connectivity index (χ0n) is 15.3. The first-order valence-corrected chi connectivity index (χ1v) is 9.77. The van der Waals surface area contributed by atoms with Gasteiger partial charge in [0, 0.05) is 34.7 Å². The zero-order chi connectivity index (χ0) is 17.8. The van der Waals surface area contributed by atoms with E-state index in [-0.39, 0.29) is 18.3 Å². The first kappa shape index (κ1) is 20.8. The average Bonchev–Trinajstić information content (AvgIpc) is 3.06. The van der Waals surface area contributed by atoms with Crippen LogP contribution < -0.4 is 5.73 Å². The third kappa shape index (κ3) is 4.81. The molecule has 0 bridgehead atoms. The number of likely N-dealkylation sites (tertiary alicyclic amines) is 1. The van der Waals surface area contributed by atoms with Gasteiger partial charge in [-0.1, -0.05) is 44.2 Å². The maximum Gasteiger partial charge on any atom is 0.253 e. The number of nitrogens with two attached hydrogens (primary N) is 1. The van der Waals surface area contributed by atoms with Crippen LogP contribution in [0.3, 0.4) is 0 Å². The van der Waals surface area contributed by atoms with E-state index < -0.39 is 0 Å². The van der Waals surface area contributed by atoms with Crippen molar-refractivity contribution in [2.24, 2.45) is 11.7 Å². The number of hydrogen-bond donors (Lipinski definition) is 1. The molecule has 1 heterocycles. The normalized spacial score (nSPS) is 19.5. The summed E-state index contributed by atoms with van der Waals surface area (Å²) in [6.45, 7) is 6.42. The van der Waals surface area contributed by atoms with E-state index in [1.165, 1.54) is 10.5 Å². The van der Waals surface area contributed by atoms with Crippen molar-refractivity contribution in [3.63, 3.8) is 0 Å². The molecule has 0 aromatic heterocycles. The largest absolute Gasteiger partial charge is 0.338 e. The van der Waals surface area contributed by atoms with Gasteiger partial charge < -0.3 is 10.6 Å². The molecule has 5 heteroatoms. The number of thioether (sulfide) groups is 1. The molecule has 2 atom stereocenters. The van der Waals surface area contributed by atoms with Crippen LogP contribution in [-0.4, -0.2) is 35.7 Å². The summed E-state index contributed by atoms with van der Waals surface area (Å²) < 4.78 is 0. The summed E-state index contributed by atoms with van der Waals surface area (Å²) in [7, 11) is 0. The molecule has 1 amide bonds. The van der Waals surface area contributed by atoms with Crippen LogP contribution in [0, 0.1) is 5.92 Å². The van der Waals surface area contributed by atoms with Gasteiger partial charge >= 0.3 is 0 Å². The van der Waals surface area contributed by atoms with Gasteiger partial charge in [0.2, 0.25) is 0 Å². The van der Waals surface area contributed by atoms with Crippen LogP contribution in [0.4, 0.5) is 0 Å². The van der Waals surface area contributed by atoms with Gasteiger partial charge in [0.15, 0.2) is 0 Å². The lowest BCUT2D eigenvalue weighted by Crippen LogP contribution is -2.29. The second-order valence-corrected chi connectivity index (χ2v) is 8.56. The SMILES string of the molecule is CC(C)Sc1ccc(C(=O)N2C[C@@H](CN)[C@H](c3ccccc3)C2)cc1.Cl. The molecular formula is C21H27ClN2OS. The molecule has 1 saturated heterocycles. The Balaban J connectivity index is 0.00000243. The van der Waals surface area contributed by atoms with E-state index >= 15 is 0 Å². The first-order chi connectivity index (χ1) is 12.1. The van der Waals surface area contributed by atoms with Crippen LogP contribution in [-0.2, 0) is 0 Å². The van der Waals surface area contributed by atoms with E-state index in [9.17, 15) is 4.79 Å². The number of nitrogens with zero attached hydrogens (tertiary/aromatic N) is 1. The number of benzene rings is 2. The molecular weight excluding hydrogens is 364 g/mol. The van der Waals surface area contributed by atoms with Crippen molar-refractivity contribution >= 4 is 30.1 Å². The van der Waals surface area contributed by atoms with Gasteiger partial charge in [-0.3, -0.25) is 4.79 Å². The average molecular weight is 391 g/mol. The minimum atomic E-state index is 0. The molecule has 0 aliphatic carbocycles. The zero-order valence-corrected chi connectivity index (χ0v) is 16.9. The lowest BCUT2D eigenvalue weighted by Gasteiger charge is -2.17. The maximum atomic E-state index is 12.9. The topological polar surface area (TPSA) is 46.3 Å². The fourth-order valence-corrected chi connectivity index (χ4v) is 4.32. The standard InChI is InChI=1S/C21H26N2OS.ClH/c1-15(2)25-19-10-8-17(9-11-19)21(24)23-13-18(12-22)20(14-23)16-6-4-3-5-7-16;/h3-11,15,18,20H,12-14,22H2,1-2H3;1H/t18-,20+;/m1./s1. The van der Waals surface area contributed by atoms with Crippen LogP contribution in [0.25, 0.3) is 0 Å². The Hall–Kier alpha value is -1.49. The monoisotopic (exact) mass is 390 g/mol. The van der Waals surface area contributed by atoms with E-state index in [4.69, 9.17) is 5.73 Å². The van der Waals surface area contributed by atoms with E-state index in [2.05, 4.69) is 38.1 Å². The van der Waals surface area contributed by atoms with Gasteiger partial charge in [0.25, 0.3) is 5.91 Å². The van der Waals surface area contributed by atoms with E-state index in [1.54, 1.807) is 0 Å². The summed E-state index contributed by atoms with van der Waals surface area (Å²) in [4.78, 5) is 16.1. The van der Waals surface area contributed by atoms with Crippen molar-refractivity contribution in [2.45, 2.75) is 29.9 Å². The minimum absolute atomic E-state index is 0. The predicted octanol–water partition coefficient (Wildman–Crippen LogP) is 4.42. The minimum Gasteiger partial charge on any atom is -0.338 e. The van der Waals surface area contributed by atoms with Gasteiger partial charge in [-0.25, -0.2) is 0 Å². The smallest absolute Gasteiger partial charge is 0.253 e. The van der Waals surface area contributed by atoms with Crippen LogP contribution in [0.1, 0.15) is 35.7 Å². The summed E-state index contributed by atoms with van der Waals surface area (Å²) in [5.74, 6) is 0.756. The van der Waals surface area contributed by atoms with Gasteiger partial charge in [-0.05, 0) is 42.3 Å². The van der Waals surface area contributed by atoms with Gasteiger partial charge in [0.05, 0.1) is 0 Å². The first-order valence-electron chi connectivity index (χ1n) is 8.89. The van der Waals surface area contributed by atoms with Crippen molar-refractivity contribution in [3.05, 3.63) is 65.7 Å². The van der Waals surface area contributed by atoms with Gasteiger partial charge in [0.1, 0.15) is 0 Å². The molecule has 1 aliphatic rings. The fraction of sp³-hybridized carbons (Fsp3) is 0.381. The molecule has 0 unspecified atom stereocenters. The molecule has 1 aliphatic heterocycles. The Morgan fingerprint density at radius 1 is 1.12 bits per heavy atom. The van der Waals surface area contributed by atoms with Gasteiger partial charge in [-0.15, -0.1) is 24.2 Å². The third-order valence-electron chi connectivity index (χ3n) is 4.73. The van der Waals surface area contributed by atoms with E-state index in [0.717, 1.165) is 18.7 Å². The molecule has 0 saturated carbocycles. The fourth-order valence-electron chi connectivity index (χ4n) is 3.48. The molecule has 26 heavy (non-hydrogen) atoms. The Labute approximate surface area is 166 Å². The summed E-state index contributed by atoms with van der Waals surface area (Å²) in [6, 6.07) is 18.4. The van der Waals surface area contributed by atoms with E-state index in [0.29, 0.717) is 23.6 Å². The number of carbonyl (C=O) groups is 1. The van der Waals surface area contributed by atoms with Crippen molar-refractivity contribution in [1.82, 2.24) is 4.90 Å². The number of amides is 1. The molecule has 0 spiro atoms. The molecule has 3 nitrogen and oxygen atoms in total. The number of carbonyl (C=O) groups excluding carboxylic acids is 1. The number of rotatable bonds is 5. The number of halogens is 1. The summed E-state index contributed by atoms with van der Waals surface area (Å²) in [5.41, 5.74) is 8.02. The Bertz CT molecular complexity index is 706. The highest BCUT2D eigenvalue weighted by Gasteiger charge is 2.35. The third-order valence-corrected chi connectivity index (χ3v) is 5.75. The number of hydrogen-bond acceptors (Lipinski definition) is 3. The molecule has 3 rings (SSSR count). The highest BCUT2D eigenvalue weighted by molar-refractivity contribution is 7.99. The maximum absolute atomic E-state index is 12.9. The molecule has 140 valence electrons. The Morgan fingerprint density at radius 2 is 1.77 bits per heavy atom. The lowest BCUT2D eigenvalue weighted by atomic mass is 9.89. The molecule has 2 aromatic carbocycles. The molecule has 2 N–H and O–H groups in total. The molecule has 2 aromatic rings. The molecule has 1 fully saturated rings. The van der Waals surface area contributed by atoms with Crippen molar-refractivity contribution in [3.8, 4) is 0 Å². The quantitative estimate of drug-likeness (QED) is 0.768. The van der Waals surface area contributed by atoms with Crippen LogP contribution in [0.15, 0.2) is 59.5 Å². The highest BCUT2D eigenvalue weighted by Crippen LogP contribution is 2.33. The lowest BCUT2D eigenvalue weighted by molar-refractivity contribution is 0.0786. The summed E-state index contributed by atoms with van der Waals surface area (Å²) in [6.07, 6.45) is 0. The Kier molecular flexibility index (Phi) is 7.56. The van der Waals surface area contributed by atoms with Crippen molar-refractivity contribution in [1.29, 1.82) is 0 Å². The summed E-state index contributed by atoms with van der Waals surface area (Å²) in [5, 5.41) is 0.539. The highest BCUT2D eigenvalue weighted by atomic mass is 35.5. The van der Waals surface area contributed by atoms with Crippen molar-refractivity contribution < 1.29 is 4.79 Å². The Morgan fingerprint density at radius 3 is 2.35 bits per heavy atom. The van der Waals surface area contributed by atoms with E-state index in [1.807, 2.05) is 47.0 Å². The predicted molar refractivity (Wildman–Crippen MR) is 112 cm³/mol. The second-order valence-electron chi connectivity index (χ2n) is 6.91.